The second-order valence-electron chi connectivity index (χ2n) is 5.11. The summed E-state index contributed by atoms with van der Waals surface area (Å²) in [4.78, 5) is 17.9. The molecular formula is C16H16ClN3O3. The van der Waals surface area contributed by atoms with Gasteiger partial charge in [-0.15, -0.1) is 0 Å². The molecule has 0 spiro atoms. The first-order valence-corrected chi connectivity index (χ1v) is 7.49. The number of likely N-dealkylation sites (tertiary alicyclic amines) is 1. The number of halogens is 1. The van der Waals surface area contributed by atoms with E-state index >= 15 is 0 Å². The Labute approximate surface area is 139 Å². The Morgan fingerprint density at radius 2 is 2.22 bits per heavy atom. The van der Waals surface area contributed by atoms with Crippen molar-refractivity contribution in [3.8, 4) is 11.5 Å². The molecule has 0 saturated carbocycles. The summed E-state index contributed by atoms with van der Waals surface area (Å²) in [6.45, 7) is 1.03. The Morgan fingerprint density at radius 1 is 1.39 bits per heavy atom. The van der Waals surface area contributed by atoms with E-state index in [1.54, 1.807) is 42.6 Å². The molecule has 1 aromatic carbocycles. The Bertz CT molecular complexity index is 690. The number of aromatic nitrogens is 1. The number of carbonyl (C=O) groups is 1. The molecule has 120 valence electrons. The first-order chi connectivity index (χ1) is 11.2. The number of benzene rings is 1. The molecule has 1 aliphatic rings. The van der Waals surface area contributed by atoms with Gasteiger partial charge in [0.1, 0.15) is 17.6 Å². The zero-order chi connectivity index (χ0) is 16.2. The summed E-state index contributed by atoms with van der Waals surface area (Å²) >= 11 is 5.95. The van der Waals surface area contributed by atoms with Crippen molar-refractivity contribution in [1.29, 1.82) is 0 Å². The van der Waals surface area contributed by atoms with E-state index in [-0.39, 0.29) is 12.1 Å². The molecule has 2 heterocycles. The van der Waals surface area contributed by atoms with Crippen LogP contribution in [0.3, 0.4) is 0 Å². The van der Waals surface area contributed by atoms with Gasteiger partial charge in [0.15, 0.2) is 0 Å². The molecule has 3 rings (SSSR count). The summed E-state index contributed by atoms with van der Waals surface area (Å²) in [7, 11) is 1.54. The third-order valence-corrected chi connectivity index (χ3v) is 3.71. The van der Waals surface area contributed by atoms with E-state index in [9.17, 15) is 4.79 Å². The highest BCUT2D eigenvalue weighted by atomic mass is 35.5. The number of urea groups is 1. The van der Waals surface area contributed by atoms with E-state index in [2.05, 4.69) is 10.3 Å². The molecule has 0 bridgehead atoms. The Hall–Kier alpha value is -2.47. The quantitative estimate of drug-likeness (QED) is 0.934. The summed E-state index contributed by atoms with van der Waals surface area (Å²) in [5, 5.41) is 3.33. The fourth-order valence-electron chi connectivity index (χ4n) is 2.26. The molecule has 0 atom stereocenters. The molecule has 2 aromatic rings. The smallest absolute Gasteiger partial charge is 0.322 e. The number of anilines is 1. The van der Waals surface area contributed by atoms with E-state index in [1.807, 2.05) is 12.1 Å². The number of methoxy groups -OCH3 is 1. The van der Waals surface area contributed by atoms with Crippen LogP contribution < -0.4 is 14.8 Å². The number of rotatable bonds is 4. The van der Waals surface area contributed by atoms with Crippen molar-refractivity contribution in [3.63, 3.8) is 0 Å². The number of hydrogen-bond donors (Lipinski definition) is 1. The molecule has 1 aromatic heterocycles. The fraction of sp³-hybridized carbons (Fsp3) is 0.250. The molecule has 0 aliphatic carbocycles. The Kier molecular flexibility index (Phi) is 4.52. The van der Waals surface area contributed by atoms with Gasteiger partial charge in [-0.25, -0.2) is 4.79 Å². The molecule has 23 heavy (non-hydrogen) atoms. The first-order valence-electron chi connectivity index (χ1n) is 7.12. The third kappa shape index (κ3) is 3.65. The third-order valence-electron chi connectivity index (χ3n) is 3.48. The lowest BCUT2D eigenvalue weighted by Gasteiger charge is -2.38. The number of carbonyl (C=O) groups excluding carboxylic acids is 1. The van der Waals surface area contributed by atoms with Gasteiger partial charge in [0.05, 0.1) is 32.1 Å². The predicted octanol–water partition coefficient (Wildman–Crippen LogP) is 3.04. The molecule has 2 amide bonds. The maximum absolute atomic E-state index is 12.2. The summed E-state index contributed by atoms with van der Waals surface area (Å²) in [5.74, 6) is 1.26. The van der Waals surface area contributed by atoms with Crippen LogP contribution in [0.4, 0.5) is 10.5 Å². The second kappa shape index (κ2) is 6.75. The van der Waals surface area contributed by atoms with Gasteiger partial charge in [-0.2, -0.15) is 0 Å². The van der Waals surface area contributed by atoms with Crippen molar-refractivity contribution in [2.75, 3.05) is 25.5 Å². The van der Waals surface area contributed by atoms with Crippen LogP contribution in [-0.4, -0.2) is 42.2 Å². The van der Waals surface area contributed by atoms with Crippen LogP contribution >= 0.6 is 11.6 Å². The van der Waals surface area contributed by atoms with Crippen LogP contribution in [-0.2, 0) is 0 Å². The van der Waals surface area contributed by atoms with Crippen LogP contribution in [0.5, 0.6) is 11.5 Å². The lowest BCUT2D eigenvalue weighted by Crippen LogP contribution is -2.57. The number of ether oxygens (including phenoxy) is 2. The van der Waals surface area contributed by atoms with Crippen molar-refractivity contribution in [3.05, 3.63) is 47.7 Å². The minimum Gasteiger partial charge on any atom is -0.495 e. The Morgan fingerprint density at radius 3 is 2.91 bits per heavy atom. The SMILES string of the molecule is COc1ccc(Cl)cc1NC(=O)N1CC(Oc2cccnc2)C1. The standard InChI is InChI=1S/C16H16ClN3O3/c1-22-15-5-4-11(17)7-14(15)19-16(21)20-9-13(10-20)23-12-3-2-6-18-8-12/h2-8,13H,9-10H2,1H3,(H,19,21). The maximum Gasteiger partial charge on any atom is 0.322 e. The molecule has 7 heteroatoms. The molecule has 1 saturated heterocycles. The molecular weight excluding hydrogens is 318 g/mol. The van der Waals surface area contributed by atoms with Crippen LogP contribution in [0.15, 0.2) is 42.7 Å². The average molecular weight is 334 g/mol. The number of nitrogens with one attached hydrogen (secondary N) is 1. The topological polar surface area (TPSA) is 63.7 Å². The van der Waals surface area contributed by atoms with Gasteiger partial charge in [0.25, 0.3) is 0 Å². The van der Waals surface area contributed by atoms with Gasteiger partial charge >= 0.3 is 6.03 Å². The monoisotopic (exact) mass is 333 g/mol. The number of amides is 2. The zero-order valence-corrected chi connectivity index (χ0v) is 13.3. The van der Waals surface area contributed by atoms with E-state index in [0.717, 1.165) is 0 Å². The van der Waals surface area contributed by atoms with Crippen molar-refractivity contribution in [2.45, 2.75) is 6.10 Å². The maximum atomic E-state index is 12.2. The number of pyridine rings is 1. The highest BCUT2D eigenvalue weighted by molar-refractivity contribution is 6.31. The largest absolute Gasteiger partial charge is 0.495 e. The van der Waals surface area contributed by atoms with Gasteiger partial charge in [0, 0.05) is 11.2 Å². The van der Waals surface area contributed by atoms with Crippen molar-refractivity contribution in [2.24, 2.45) is 0 Å². The van der Waals surface area contributed by atoms with Crippen molar-refractivity contribution < 1.29 is 14.3 Å². The number of nitrogens with zero attached hydrogens (tertiary/aromatic N) is 2. The Balaban J connectivity index is 1.54. The molecule has 1 aliphatic heterocycles. The lowest BCUT2D eigenvalue weighted by atomic mass is 10.2. The molecule has 1 fully saturated rings. The van der Waals surface area contributed by atoms with E-state index in [1.165, 1.54) is 0 Å². The van der Waals surface area contributed by atoms with Crippen LogP contribution in [0, 0.1) is 0 Å². The second-order valence-corrected chi connectivity index (χ2v) is 5.54. The van der Waals surface area contributed by atoms with Crippen LogP contribution in [0.2, 0.25) is 5.02 Å². The highest BCUT2D eigenvalue weighted by Gasteiger charge is 2.32. The zero-order valence-electron chi connectivity index (χ0n) is 12.5. The van der Waals surface area contributed by atoms with Crippen LogP contribution in [0.1, 0.15) is 0 Å². The van der Waals surface area contributed by atoms with Gasteiger partial charge in [-0.05, 0) is 30.3 Å². The summed E-state index contributed by atoms with van der Waals surface area (Å²) in [6, 6.07) is 8.51. The average Bonchev–Trinajstić information content (AvgIpc) is 2.51. The van der Waals surface area contributed by atoms with Crippen LogP contribution in [0.25, 0.3) is 0 Å². The van der Waals surface area contributed by atoms with Gasteiger partial charge in [-0.1, -0.05) is 11.6 Å². The fourth-order valence-corrected chi connectivity index (χ4v) is 2.43. The molecule has 1 N–H and O–H groups in total. The molecule has 0 radical (unpaired) electrons. The van der Waals surface area contributed by atoms with Gasteiger partial charge in [0.2, 0.25) is 0 Å². The van der Waals surface area contributed by atoms with Crippen molar-refractivity contribution >= 4 is 23.3 Å². The van der Waals surface area contributed by atoms with Gasteiger partial charge < -0.3 is 19.7 Å². The normalized spacial score (nSPS) is 14.1. The lowest BCUT2D eigenvalue weighted by molar-refractivity contribution is 0.0490. The summed E-state index contributed by atoms with van der Waals surface area (Å²) < 4.78 is 10.9. The first kappa shape index (κ1) is 15.4. The summed E-state index contributed by atoms with van der Waals surface area (Å²) in [5.41, 5.74) is 0.543. The summed E-state index contributed by atoms with van der Waals surface area (Å²) in [6.07, 6.45) is 3.32. The minimum absolute atomic E-state index is 0.0220. The molecule has 6 nitrogen and oxygen atoms in total. The number of hydrogen-bond acceptors (Lipinski definition) is 4. The van der Waals surface area contributed by atoms with E-state index in [4.69, 9.17) is 21.1 Å². The van der Waals surface area contributed by atoms with Crippen molar-refractivity contribution in [1.82, 2.24) is 9.88 Å². The van der Waals surface area contributed by atoms with E-state index < -0.39 is 0 Å². The highest BCUT2D eigenvalue weighted by Crippen LogP contribution is 2.28. The van der Waals surface area contributed by atoms with Gasteiger partial charge in [-0.3, -0.25) is 4.98 Å². The van der Waals surface area contributed by atoms with E-state index in [0.29, 0.717) is 35.3 Å². The predicted molar refractivity (Wildman–Crippen MR) is 87.2 cm³/mol. The molecule has 0 unspecified atom stereocenters. The minimum atomic E-state index is -0.211.